The van der Waals surface area contributed by atoms with E-state index in [-0.39, 0.29) is 0 Å². The van der Waals surface area contributed by atoms with Gasteiger partial charge in [-0.3, -0.25) is 0 Å². The lowest BCUT2D eigenvalue weighted by Gasteiger charge is -2.39. The quantitative estimate of drug-likeness (QED) is 0.825. The molecule has 2 aromatic carbocycles. The van der Waals surface area contributed by atoms with Crippen LogP contribution in [0.25, 0.3) is 0 Å². The summed E-state index contributed by atoms with van der Waals surface area (Å²) in [6, 6.07) is 16.2. The Bertz CT molecular complexity index is 662. The van der Waals surface area contributed by atoms with Crippen molar-refractivity contribution in [3.05, 3.63) is 53.6 Å². The van der Waals surface area contributed by atoms with Crippen LogP contribution in [0.15, 0.2) is 42.5 Å². The topological polar surface area (TPSA) is 15.3 Å². The highest BCUT2D eigenvalue weighted by Gasteiger charge is 2.26. The van der Waals surface area contributed by atoms with E-state index in [0.717, 1.165) is 6.54 Å². The Hall–Kier alpha value is -1.96. The Morgan fingerprint density at radius 3 is 2.81 bits per heavy atom. The van der Waals surface area contributed by atoms with Crippen LogP contribution in [-0.2, 0) is 12.8 Å². The third-order valence-electron chi connectivity index (χ3n) is 4.85. The number of anilines is 3. The third-order valence-corrected chi connectivity index (χ3v) is 4.85. The van der Waals surface area contributed by atoms with E-state index in [2.05, 4.69) is 59.6 Å². The van der Waals surface area contributed by atoms with E-state index in [1.165, 1.54) is 53.9 Å². The molecule has 2 aliphatic heterocycles. The molecule has 2 aromatic rings. The van der Waals surface area contributed by atoms with Gasteiger partial charge in [0.1, 0.15) is 0 Å². The smallest absolute Gasteiger partial charge is 0.0466 e. The van der Waals surface area contributed by atoms with Crippen LogP contribution in [0.2, 0.25) is 0 Å². The Balaban J connectivity index is 1.86. The lowest BCUT2D eigenvalue weighted by atomic mass is 9.93. The molecular weight excluding hydrogens is 256 g/mol. The van der Waals surface area contributed by atoms with Crippen molar-refractivity contribution in [2.75, 3.05) is 16.8 Å². The van der Waals surface area contributed by atoms with Gasteiger partial charge in [-0.25, -0.2) is 0 Å². The lowest BCUT2D eigenvalue weighted by molar-refractivity contribution is 0.615. The highest BCUT2D eigenvalue weighted by Crippen LogP contribution is 2.41. The summed E-state index contributed by atoms with van der Waals surface area (Å²) in [7, 11) is 0. The standard InChI is InChI=1S/C19H22N2/c1-14-11-12-15-6-2-3-9-18(15)21(14)19-10-4-8-17-16(19)7-5-13-20-17/h2-4,6,8-10,14,20H,5,7,11-13H2,1H3. The fraction of sp³-hybridized carbons (Fsp3) is 0.368. The number of nitrogens with zero attached hydrogens (tertiary/aromatic N) is 1. The van der Waals surface area contributed by atoms with Crippen LogP contribution >= 0.6 is 0 Å². The van der Waals surface area contributed by atoms with E-state index in [9.17, 15) is 0 Å². The molecule has 2 aliphatic rings. The van der Waals surface area contributed by atoms with Crippen molar-refractivity contribution in [1.82, 2.24) is 0 Å². The zero-order chi connectivity index (χ0) is 14.2. The molecule has 4 rings (SSSR count). The second-order valence-electron chi connectivity index (χ2n) is 6.22. The zero-order valence-electron chi connectivity index (χ0n) is 12.6. The summed E-state index contributed by atoms with van der Waals surface area (Å²) in [5, 5.41) is 3.55. The summed E-state index contributed by atoms with van der Waals surface area (Å²) < 4.78 is 0. The second-order valence-corrected chi connectivity index (χ2v) is 6.22. The average Bonchev–Trinajstić information content (AvgIpc) is 2.54. The number of rotatable bonds is 1. The fourth-order valence-electron chi connectivity index (χ4n) is 3.77. The van der Waals surface area contributed by atoms with E-state index in [0.29, 0.717) is 6.04 Å². The molecule has 0 aliphatic carbocycles. The van der Waals surface area contributed by atoms with Gasteiger partial charge in [-0.15, -0.1) is 0 Å². The molecule has 2 heterocycles. The number of aryl methyl sites for hydroxylation is 1. The Kier molecular flexibility index (Phi) is 3.10. The van der Waals surface area contributed by atoms with Crippen LogP contribution in [0.1, 0.15) is 30.9 Å². The van der Waals surface area contributed by atoms with Gasteiger partial charge >= 0.3 is 0 Å². The van der Waals surface area contributed by atoms with Crippen molar-refractivity contribution in [3.8, 4) is 0 Å². The maximum atomic E-state index is 3.55. The Morgan fingerprint density at radius 2 is 1.86 bits per heavy atom. The molecule has 0 bridgehead atoms. The normalized spacial score (nSPS) is 20.4. The van der Waals surface area contributed by atoms with E-state index < -0.39 is 0 Å². The number of hydrogen-bond acceptors (Lipinski definition) is 2. The predicted molar refractivity (Wildman–Crippen MR) is 89.6 cm³/mol. The van der Waals surface area contributed by atoms with Crippen molar-refractivity contribution < 1.29 is 0 Å². The molecule has 0 fully saturated rings. The van der Waals surface area contributed by atoms with Gasteiger partial charge in [-0.05, 0) is 61.9 Å². The molecule has 0 radical (unpaired) electrons. The molecular formula is C19H22N2. The number of nitrogens with one attached hydrogen (secondary N) is 1. The molecule has 0 saturated carbocycles. The molecule has 1 atom stereocenters. The van der Waals surface area contributed by atoms with Crippen LogP contribution in [0.5, 0.6) is 0 Å². The van der Waals surface area contributed by atoms with Crippen LogP contribution in [-0.4, -0.2) is 12.6 Å². The number of para-hydroxylation sites is 1. The van der Waals surface area contributed by atoms with E-state index in [1.807, 2.05) is 0 Å². The second kappa shape index (κ2) is 5.10. The van der Waals surface area contributed by atoms with Crippen molar-refractivity contribution >= 4 is 17.1 Å². The summed E-state index contributed by atoms with van der Waals surface area (Å²) in [6.45, 7) is 3.45. The highest BCUT2D eigenvalue weighted by atomic mass is 15.2. The predicted octanol–water partition coefficient (Wildman–Crippen LogP) is 4.52. The van der Waals surface area contributed by atoms with Gasteiger partial charge < -0.3 is 10.2 Å². The van der Waals surface area contributed by atoms with E-state index in [1.54, 1.807) is 0 Å². The maximum absolute atomic E-state index is 3.55. The summed E-state index contributed by atoms with van der Waals surface area (Å²) >= 11 is 0. The van der Waals surface area contributed by atoms with Gasteiger partial charge in [0.15, 0.2) is 0 Å². The molecule has 21 heavy (non-hydrogen) atoms. The van der Waals surface area contributed by atoms with Crippen LogP contribution in [0.4, 0.5) is 17.1 Å². The number of benzene rings is 2. The van der Waals surface area contributed by atoms with Crippen molar-refractivity contribution in [3.63, 3.8) is 0 Å². The molecule has 2 nitrogen and oxygen atoms in total. The van der Waals surface area contributed by atoms with Crippen LogP contribution < -0.4 is 10.2 Å². The molecule has 2 heteroatoms. The largest absolute Gasteiger partial charge is 0.385 e. The minimum Gasteiger partial charge on any atom is -0.385 e. The molecule has 0 aromatic heterocycles. The zero-order valence-corrected chi connectivity index (χ0v) is 12.6. The summed E-state index contributed by atoms with van der Waals surface area (Å²) in [5.74, 6) is 0. The van der Waals surface area contributed by atoms with Crippen molar-refractivity contribution in [2.45, 2.75) is 38.6 Å². The molecule has 108 valence electrons. The first-order chi connectivity index (χ1) is 10.3. The van der Waals surface area contributed by atoms with Crippen molar-refractivity contribution in [1.29, 1.82) is 0 Å². The maximum Gasteiger partial charge on any atom is 0.0466 e. The minimum absolute atomic E-state index is 0.563. The monoisotopic (exact) mass is 278 g/mol. The fourth-order valence-corrected chi connectivity index (χ4v) is 3.77. The summed E-state index contributed by atoms with van der Waals surface area (Å²) in [6.07, 6.45) is 4.84. The lowest BCUT2D eigenvalue weighted by Crippen LogP contribution is -2.34. The first-order valence-electron chi connectivity index (χ1n) is 8.07. The van der Waals surface area contributed by atoms with Gasteiger partial charge in [0.2, 0.25) is 0 Å². The van der Waals surface area contributed by atoms with Gasteiger partial charge in [0, 0.05) is 29.6 Å². The first-order valence-corrected chi connectivity index (χ1v) is 8.07. The minimum atomic E-state index is 0.563. The molecule has 0 saturated heterocycles. The molecule has 0 spiro atoms. The van der Waals surface area contributed by atoms with E-state index in [4.69, 9.17) is 0 Å². The van der Waals surface area contributed by atoms with Gasteiger partial charge in [-0.2, -0.15) is 0 Å². The third kappa shape index (κ3) is 2.10. The Morgan fingerprint density at radius 1 is 1.00 bits per heavy atom. The van der Waals surface area contributed by atoms with Crippen LogP contribution in [0, 0.1) is 0 Å². The average molecular weight is 278 g/mol. The summed E-state index contributed by atoms with van der Waals surface area (Å²) in [4.78, 5) is 2.56. The highest BCUT2D eigenvalue weighted by molar-refractivity contribution is 5.76. The molecule has 1 N–H and O–H groups in total. The summed E-state index contributed by atoms with van der Waals surface area (Å²) in [5.41, 5.74) is 7.10. The molecule has 0 amide bonds. The van der Waals surface area contributed by atoms with Crippen LogP contribution in [0.3, 0.4) is 0 Å². The molecule has 1 unspecified atom stereocenters. The van der Waals surface area contributed by atoms with Gasteiger partial charge in [0.25, 0.3) is 0 Å². The number of hydrogen-bond donors (Lipinski definition) is 1. The number of fused-ring (bicyclic) bond motifs is 2. The SMILES string of the molecule is CC1CCc2ccccc2N1c1cccc2c1CCCN2. The van der Waals surface area contributed by atoms with Crippen molar-refractivity contribution in [2.24, 2.45) is 0 Å². The Labute approximate surface area is 126 Å². The van der Waals surface area contributed by atoms with Gasteiger partial charge in [0.05, 0.1) is 0 Å². The van der Waals surface area contributed by atoms with Gasteiger partial charge in [-0.1, -0.05) is 24.3 Å². The van der Waals surface area contributed by atoms with E-state index >= 15 is 0 Å². The first kappa shape index (κ1) is 12.8.